The van der Waals surface area contributed by atoms with Crippen LogP contribution in [0.1, 0.15) is 6.92 Å². The number of methoxy groups -OCH3 is 1. The third kappa shape index (κ3) is 2.62. The van der Waals surface area contributed by atoms with E-state index in [1.807, 2.05) is 0 Å². The second-order valence-electron chi connectivity index (χ2n) is 1.98. The molecule has 0 aliphatic rings. The fourth-order valence-corrected chi connectivity index (χ4v) is 0.641. The lowest BCUT2D eigenvalue weighted by atomic mass is 10.2. The molecule has 0 spiro atoms. The maximum atomic E-state index is 11.0. The number of allylic oxidation sites excluding steroid dienone is 3. The molecule has 0 heterocycles. The minimum atomic E-state index is -0.578. The van der Waals surface area contributed by atoms with Gasteiger partial charge in [0.1, 0.15) is 11.3 Å². The molecule has 0 aliphatic heterocycles. The highest BCUT2D eigenvalue weighted by atomic mass is 16.5. The van der Waals surface area contributed by atoms with Crippen molar-refractivity contribution >= 4 is 5.97 Å². The Morgan fingerprint density at radius 3 is 2.50 bits per heavy atom. The monoisotopic (exact) mass is 168 g/mol. The second-order valence-corrected chi connectivity index (χ2v) is 1.98. The van der Waals surface area contributed by atoms with Crippen LogP contribution in [0.3, 0.4) is 0 Å². The molecule has 0 aromatic heterocycles. The van der Waals surface area contributed by atoms with Gasteiger partial charge >= 0.3 is 5.97 Å². The topological polar surface area (TPSA) is 46.5 Å². The van der Waals surface area contributed by atoms with Gasteiger partial charge in [-0.15, -0.1) is 0 Å². The van der Waals surface area contributed by atoms with Crippen LogP contribution < -0.4 is 0 Å². The molecule has 0 saturated heterocycles. The van der Waals surface area contributed by atoms with Crippen LogP contribution in [0, 0.1) is 0 Å². The van der Waals surface area contributed by atoms with E-state index in [4.69, 9.17) is 0 Å². The summed E-state index contributed by atoms with van der Waals surface area (Å²) in [5.41, 5.74) is 0.106. The van der Waals surface area contributed by atoms with E-state index in [1.54, 1.807) is 6.92 Å². The lowest BCUT2D eigenvalue weighted by molar-refractivity contribution is -0.136. The molecule has 0 rings (SSSR count). The molecule has 0 unspecified atom stereocenters. The van der Waals surface area contributed by atoms with Crippen molar-refractivity contribution in [3.05, 3.63) is 36.1 Å². The Morgan fingerprint density at radius 1 is 1.58 bits per heavy atom. The van der Waals surface area contributed by atoms with E-state index in [-0.39, 0.29) is 11.3 Å². The predicted molar refractivity (Wildman–Crippen MR) is 46.7 cm³/mol. The summed E-state index contributed by atoms with van der Waals surface area (Å²) in [6.07, 6.45) is 4.21. The maximum absolute atomic E-state index is 11.0. The van der Waals surface area contributed by atoms with Crippen LogP contribution in [-0.2, 0) is 9.53 Å². The molecule has 0 aliphatic carbocycles. The highest BCUT2D eigenvalue weighted by molar-refractivity contribution is 5.92. The van der Waals surface area contributed by atoms with E-state index in [1.165, 1.54) is 25.3 Å². The standard InChI is InChI=1S/C9H12O3/c1-4-6-7(8(10)5-2)9(11)12-3/h4-6,10H,1H2,2-3H3/b7-6+,8-5+. The Balaban J connectivity index is 4.80. The second kappa shape index (κ2) is 5.18. The number of rotatable bonds is 3. The van der Waals surface area contributed by atoms with Crippen molar-refractivity contribution in [2.75, 3.05) is 7.11 Å². The first kappa shape index (κ1) is 10.5. The Labute approximate surface area is 71.7 Å². The molecule has 1 N–H and O–H groups in total. The van der Waals surface area contributed by atoms with E-state index in [9.17, 15) is 9.90 Å². The maximum Gasteiger partial charge on any atom is 0.341 e. The molecule has 3 nitrogen and oxygen atoms in total. The number of hydrogen-bond donors (Lipinski definition) is 1. The number of ether oxygens (including phenoxy) is 1. The van der Waals surface area contributed by atoms with Gasteiger partial charge in [0.05, 0.1) is 7.11 Å². The van der Waals surface area contributed by atoms with Crippen LogP contribution in [0.25, 0.3) is 0 Å². The smallest absolute Gasteiger partial charge is 0.341 e. The Hall–Kier alpha value is -1.51. The predicted octanol–water partition coefficient (Wildman–Crippen LogP) is 1.73. The molecular weight excluding hydrogens is 156 g/mol. The fourth-order valence-electron chi connectivity index (χ4n) is 0.641. The first-order chi connectivity index (χ1) is 5.67. The van der Waals surface area contributed by atoms with Crippen molar-refractivity contribution in [3.8, 4) is 0 Å². The minimum Gasteiger partial charge on any atom is -0.507 e. The van der Waals surface area contributed by atoms with Gasteiger partial charge in [-0.1, -0.05) is 12.7 Å². The molecule has 12 heavy (non-hydrogen) atoms. The number of aliphatic hydroxyl groups is 1. The summed E-state index contributed by atoms with van der Waals surface area (Å²) >= 11 is 0. The van der Waals surface area contributed by atoms with Crippen molar-refractivity contribution in [1.82, 2.24) is 0 Å². The fraction of sp³-hybridized carbons (Fsp3) is 0.222. The Morgan fingerprint density at radius 2 is 2.17 bits per heavy atom. The number of hydrogen-bond acceptors (Lipinski definition) is 3. The van der Waals surface area contributed by atoms with Crippen molar-refractivity contribution in [3.63, 3.8) is 0 Å². The molecule has 0 radical (unpaired) electrons. The summed E-state index contributed by atoms with van der Waals surface area (Å²) in [6, 6.07) is 0. The van der Waals surface area contributed by atoms with E-state index < -0.39 is 5.97 Å². The van der Waals surface area contributed by atoms with Crippen LogP contribution >= 0.6 is 0 Å². The molecule has 0 aromatic carbocycles. The molecule has 3 heteroatoms. The molecule has 0 saturated carbocycles. The van der Waals surface area contributed by atoms with Gasteiger partial charge in [0, 0.05) is 0 Å². The average Bonchev–Trinajstić information content (AvgIpc) is 2.11. The van der Waals surface area contributed by atoms with Crippen LogP contribution in [0.4, 0.5) is 0 Å². The van der Waals surface area contributed by atoms with Gasteiger partial charge in [-0.3, -0.25) is 0 Å². The summed E-state index contributed by atoms with van der Waals surface area (Å²) in [4.78, 5) is 11.0. The highest BCUT2D eigenvalue weighted by Crippen LogP contribution is 2.08. The van der Waals surface area contributed by atoms with Gasteiger partial charge in [-0.2, -0.15) is 0 Å². The first-order valence-electron chi connectivity index (χ1n) is 3.44. The van der Waals surface area contributed by atoms with E-state index in [0.29, 0.717) is 0 Å². The van der Waals surface area contributed by atoms with Gasteiger partial charge in [-0.05, 0) is 19.1 Å². The van der Waals surface area contributed by atoms with Gasteiger partial charge in [0.25, 0.3) is 0 Å². The highest BCUT2D eigenvalue weighted by Gasteiger charge is 2.11. The third-order valence-electron chi connectivity index (χ3n) is 1.24. The summed E-state index contributed by atoms with van der Waals surface area (Å²) in [7, 11) is 1.25. The summed E-state index contributed by atoms with van der Waals surface area (Å²) in [5.74, 6) is -0.688. The average molecular weight is 168 g/mol. The van der Waals surface area contributed by atoms with E-state index >= 15 is 0 Å². The largest absolute Gasteiger partial charge is 0.507 e. The Bertz CT molecular complexity index is 236. The molecule has 0 atom stereocenters. The zero-order valence-corrected chi connectivity index (χ0v) is 7.20. The van der Waals surface area contributed by atoms with Crippen molar-refractivity contribution in [2.24, 2.45) is 0 Å². The Kier molecular flexibility index (Phi) is 4.53. The molecule has 0 fully saturated rings. The number of carbonyl (C=O) groups is 1. The van der Waals surface area contributed by atoms with Gasteiger partial charge in [0.2, 0.25) is 0 Å². The van der Waals surface area contributed by atoms with Crippen LogP contribution in [-0.4, -0.2) is 18.2 Å². The molecule has 66 valence electrons. The summed E-state index contributed by atoms with van der Waals surface area (Å²) in [5, 5.41) is 9.19. The normalized spacial score (nSPS) is 12.5. The quantitative estimate of drug-likeness (QED) is 0.302. The van der Waals surface area contributed by atoms with Crippen molar-refractivity contribution in [1.29, 1.82) is 0 Å². The number of carbonyl (C=O) groups excluding carboxylic acids is 1. The van der Waals surface area contributed by atoms with Crippen molar-refractivity contribution in [2.45, 2.75) is 6.92 Å². The lowest BCUT2D eigenvalue weighted by Gasteiger charge is -2.01. The molecule has 0 amide bonds. The molecular formula is C9H12O3. The number of aliphatic hydroxyl groups excluding tert-OH is 1. The summed E-state index contributed by atoms with van der Waals surface area (Å²) < 4.78 is 4.43. The SMILES string of the molecule is C=C/C=C(C(=O)OC)\C(O)=C/C. The molecule has 0 aromatic rings. The van der Waals surface area contributed by atoms with E-state index in [2.05, 4.69) is 11.3 Å². The summed E-state index contributed by atoms with van der Waals surface area (Å²) in [6.45, 7) is 5.03. The molecule has 0 bridgehead atoms. The van der Waals surface area contributed by atoms with Crippen LogP contribution in [0.15, 0.2) is 36.1 Å². The first-order valence-corrected chi connectivity index (χ1v) is 3.44. The van der Waals surface area contributed by atoms with Crippen LogP contribution in [0.5, 0.6) is 0 Å². The van der Waals surface area contributed by atoms with Crippen LogP contribution in [0.2, 0.25) is 0 Å². The number of esters is 1. The van der Waals surface area contributed by atoms with Gasteiger partial charge < -0.3 is 9.84 Å². The zero-order valence-electron chi connectivity index (χ0n) is 7.20. The van der Waals surface area contributed by atoms with Gasteiger partial charge in [-0.25, -0.2) is 4.79 Å². The van der Waals surface area contributed by atoms with Crippen molar-refractivity contribution < 1.29 is 14.6 Å². The van der Waals surface area contributed by atoms with E-state index in [0.717, 1.165) is 0 Å². The minimum absolute atomic E-state index is 0.106. The lowest BCUT2D eigenvalue weighted by Crippen LogP contribution is -2.06. The van der Waals surface area contributed by atoms with Gasteiger partial charge in [0.15, 0.2) is 0 Å². The third-order valence-corrected chi connectivity index (χ3v) is 1.24. The zero-order chi connectivity index (χ0) is 9.56.